The smallest absolute Gasteiger partial charge is 0.162 e. The van der Waals surface area contributed by atoms with Crippen molar-refractivity contribution in [3.8, 4) is 67.4 Å². The number of benzene rings is 8. The molecular weight excluding hydrogens is 695 g/mol. The SMILES string of the molecule is c1ccc(-c2cccc(-c3cc(-c4ccc(-c5ccc(-c6nc7ccc8ccccc8c7c7c6oc6ccccc67)cc5)cc4)nc(-c4ccccc4)n3)c2)cc1. The Kier molecular flexibility index (Phi) is 7.78. The minimum absolute atomic E-state index is 0.696. The van der Waals surface area contributed by atoms with Crippen LogP contribution < -0.4 is 0 Å². The predicted molar refractivity (Wildman–Crippen MR) is 235 cm³/mol. The van der Waals surface area contributed by atoms with E-state index < -0.39 is 0 Å². The zero-order valence-corrected chi connectivity index (χ0v) is 30.8. The molecule has 0 aliphatic carbocycles. The Morgan fingerprint density at radius 1 is 0.333 bits per heavy atom. The lowest BCUT2D eigenvalue weighted by molar-refractivity contribution is 0.669. The maximum absolute atomic E-state index is 6.59. The fraction of sp³-hybridized carbons (Fsp3) is 0. The van der Waals surface area contributed by atoms with Crippen LogP contribution in [0.5, 0.6) is 0 Å². The van der Waals surface area contributed by atoms with Gasteiger partial charge >= 0.3 is 0 Å². The van der Waals surface area contributed by atoms with Crippen molar-refractivity contribution in [2.24, 2.45) is 0 Å². The quantitative estimate of drug-likeness (QED) is 0.160. The summed E-state index contributed by atoms with van der Waals surface area (Å²) in [6, 6.07) is 69.6. The molecule has 3 aromatic heterocycles. The highest BCUT2D eigenvalue weighted by Gasteiger charge is 2.19. The van der Waals surface area contributed by atoms with E-state index in [1.54, 1.807) is 0 Å². The van der Waals surface area contributed by atoms with Crippen LogP contribution in [-0.4, -0.2) is 15.0 Å². The number of aromatic nitrogens is 3. The molecule has 0 N–H and O–H groups in total. The number of hydrogen-bond acceptors (Lipinski definition) is 4. The Labute approximate surface area is 329 Å². The summed E-state index contributed by atoms with van der Waals surface area (Å²) >= 11 is 0. The second-order valence-electron chi connectivity index (χ2n) is 14.4. The number of para-hydroxylation sites is 1. The molecule has 4 nitrogen and oxygen atoms in total. The fourth-order valence-corrected chi connectivity index (χ4v) is 8.05. The minimum atomic E-state index is 0.696. The first-order valence-electron chi connectivity index (χ1n) is 19.2. The zero-order valence-electron chi connectivity index (χ0n) is 30.8. The zero-order chi connectivity index (χ0) is 37.7. The molecule has 0 atom stereocenters. The van der Waals surface area contributed by atoms with Crippen molar-refractivity contribution >= 4 is 43.6 Å². The molecule has 0 spiro atoms. The Hall–Kier alpha value is -7.69. The molecule has 11 rings (SSSR count). The third-order valence-corrected chi connectivity index (χ3v) is 10.9. The molecule has 0 saturated carbocycles. The predicted octanol–water partition coefficient (Wildman–Crippen LogP) is 14.1. The molecular formula is C53H33N3O. The van der Waals surface area contributed by atoms with Crippen LogP contribution in [0.1, 0.15) is 0 Å². The van der Waals surface area contributed by atoms with Gasteiger partial charge in [-0.25, -0.2) is 15.0 Å². The van der Waals surface area contributed by atoms with Gasteiger partial charge in [0.2, 0.25) is 0 Å². The summed E-state index contributed by atoms with van der Waals surface area (Å²) < 4.78 is 6.59. The highest BCUT2D eigenvalue weighted by Crippen LogP contribution is 2.42. The molecule has 0 radical (unpaired) electrons. The van der Waals surface area contributed by atoms with Gasteiger partial charge in [0.1, 0.15) is 11.3 Å². The van der Waals surface area contributed by atoms with E-state index in [1.165, 1.54) is 16.3 Å². The van der Waals surface area contributed by atoms with E-state index in [1.807, 2.05) is 36.4 Å². The van der Waals surface area contributed by atoms with Gasteiger partial charge < -0.3 is 4.42 Å². The molecule has 266 valence electrons. The monoisotopic (exact) mass is 727 g/mol. The Balaban J connectivity index is 0.960. The number of rotatable bonds is 6. The summed E-state index contributed by atoms with van der Waals surface area (Å²) in [5, 5.41) is 5.69. The van der Waals surface area contributed by atoms with E-state index in [-0.39, 0.29) is 0 Å². The van der Waals surface area contributed by atoms with Gasteiger partial charge in [0.05, 0.1) is 16.9 Å². The normalized spacial score (nSPS) is 11.5. The molecule has 0 aliphatic rings. The second kappa shape index (κ2) is 13.6. The van der Waals surface area contributed by atoms with Gasteiger partial charge in [-0.2, -0.15) is 0 Å². The molecule has 11 aromatic rings. The average Bonchev–Trinajstić information content (AvgIpc) is 3.69. The van der Waals surface area contributed by atoms with Gasteiger partial charge in [0, 0.05) is 38.4 Å². The highest BCUT2D eigenvalue weighted by atomic mass is 16.3. The van der Waals surface area contributed by atoms with Crippen molar-refractivity contribution in [2.75, 3.05) is 0 Å². The summed E-state index contributed by atoms with van der Waals surface area (Å²) in [4.78, 5) is 15.4. The number of pyridine rings is 1. The van der Waals surface area contributed by atoms with Crippen molar-refractivity contribution in [3.05, 3.63) is 200 Å². The van der Waals surface area contributed by atoms with Crippen LogP contribution in [0, 0.1) is 0 Å². The summed E-state index contributed by atoms with van der Waals surface area (Å²) in [6.07, 6.45) is 0. The lowest BCUT2D eigenvalue weighted by Gasteiger charge is -2.11. The van der Waals surface area contributed by atoms with Crippen LogP contribution in [0.2, 0.25) is 0 Å². The van der Waals surface area contributed by atoms with Crippen molar-refractivity contribution in [1.82, 2.24) is 15.0 Å². The third kappa shape index (κ3) is 5.83. The summed E-state index contributed by atoms with van der Waals surface area (Å²) in [7, 11) is 0. The molecule has 0 fully saturated rings. The van der Waals surface area contributed by atoms with E-state index in [2.05, 4.69) is 164 Å². The summed E-state index contributed by atoms with van der Waals surface area (Å²) in [6.45, 7) is 0. The summed E-state index contributed by atoms with van der Waals surface area (Å²) in [5.41, 5.74) is 13.8. The first-order chi connectivity index (χ1) is 28.2. The average molecular weight is 728 g/mol. The third-order valence-electron chi connectivity index (χ3n) is 10.9. The fourth-order valence-electron chi connectivity index (χ4n) is 8.05. The number of furan rings is 1. The lowest BCUT2D eigenvalue weighted by atomic mass is 9.97. The Bertz CT molecular complexity index is 3260. The number of hydrogen-bond donors (Lipinski definition) is 0. The summed E-state index contributed by atoms with van der Waals surface area (Å²) in [5.74, 6) is 0.696. The van der Waals surface area contributed by atoms with Crippen LogP contribution in [0.4, 0.5) is 0 Å². The van der Waals surface area contributed by atoms with Crippen LogP contribution in [0.3, 0.4) is 0 Å². The molecule has 57 heavy (non-hydrogen) atoms. The topological polar surface area (TPSA) is 51.8 Å². The first kappa shape index (κ1) is 32.7. The van der Waals surface area contributed by atoms with Gasteiger partial charge in [-0.15, -0.1) is 0 Å². The van der Waals surface area contributed by atoms with Crippen LogP contribution in [0.15, 0.2) is 205 Å². The second-order valence-corrected chi connectivity index (χ2v) is 14.4. The molecule has 4 heteroatoms. The van der Waals surface area contributed by atoms with Crippen molar-refractivity contribution in [2.45, 2.75) is 0 Å². The van der Waals surface area contributed by atoms with Crippen molar-refractivity contribution in [3.63, 3.8) is 0 Å². The van der Waals surface area contributed by atoms with Crippen molar-refractivity contribution < 1.29 is 4.42 Å². The van der Waals surface area contributed by atoms with Gasteiger partial charge in [-0.05, 0) is 57.3 Å². The van der Waals surface area contributed by atoms with E-state index in [0.29, 0.717) is 5.82 Å². The molecule has 0 unspecified atom stereocenters. The Morgan fingerprint density at radius 2 is 0.895 bits per heavy atom. The van der Waals surface area contributed by atoms with Gasteiger partial charge in [-0.1, -0.05) is 176 Å². The highest BCUT2D eigenvalue weighted by molar-refractivity contribution is 6.27. The minimum Gasteiger partial charge on any atom is -0.454 e. The molecule has 3 heterocycles. The number of fused-ring (bicyclic) bond motifs is 7. The van der Waals surface area contributed by atoms with E-state index in [9.17, 15) is 0 Å². The van der Waals surface area contributed by atoms with E-state index >= 15 is 0 Å². The van der Waals surface area contributed by atoms with Crippen LogP contribution >= 0.6 is 0 Å². The first-order valence-corrected chi connectivity index (χ1v) is 19.2. The van der Waals surface area contributed by atoms with E-state index in [4.69, 9.17) is 19.4 Å². The van der Waals surface area contributed by atoms with Crippen molar-refractivity contribution in [1.29, 1.82) is 0 Å². The maximum atomic E-state index is 6.59. The molecule has 0 saturated heterocycles. The van der Waals surface area contributed by atoms with Gasteiger partial charge in [-0.3, -0.25) is 0 Å². The molecule has 8 aromatic carbocycles. The largest absolute Gasteiger partial charge is 0.454 e. The van der Waals surface area contributed by atoms with Gasteiger partial charge in [0.25, 0.3) is 0 Å². The van der Waals surface area contributed by atoms with Crippen LogP contribution in [0.25, 0.3) is 111 Å². The van der Waals surface area contributed by atoms with Crippen LogP contribution in [-0.2, 0) is 0 Å². The molecule has 0 aliphatic heterocycles. The Morgan fingerprint density at radius 3 is 1.65 bits per heavy atom. The maximum Gasteiger partial charge on any atom is 0.162 e. The molecule has 0 bridgehead atoms. The van der Waals surface area contributed by atoms with E-state index in [0.717, 1.165) is 88.9 Å². The van der Waals surface area contributed by atoms with Gasteiger partial charge in [0.15, 0.2) is 11.4 Å². The lowest BCUT2D eigenvalue weighted by Crippen LogP contribution is -1.96. The number of nitrogens with zero attached hydrogens (tertiary/aromatic N) is 3. The molecule has 0 amide bonds. The standard InChI is InChI=1S/C53H33N3O/c1-3-12-34(13-4-1)41-17-11-18-42(32-41)47-33-46(55-53(56-47)40-15-5-2-6-16-40)38-26-22-35(23-27-38)36-24-28-39(29-25-36)51-52-50(44-20-9-10-21-48(44)57-52)49-43-19-8-7-14-37(43)30-31-45(49)54-51/h1-33H.